The first-order valence-electron chi connectivity index (χ1n) is 4.94. The summed E-state index contributed by atoms with van der Waals surface area (Å²) in [6.07, 6.45) is 6.18. The van der Waals surface area contributed by atoms with E-state index < -0.39 is 0 Å². The molecule has 1 rings (SSSR count). The molecule has 0 aromatic carbocycles. The average Bonchev–Trinajstić information content (AvgIpc) is 2.53. The minimum absolute atomic E-state index is 0.189. The minimum atomic E-state index is 0.189. The lowest BCUT2D eigenvalue weighted by molar-refractivity contribution is -0.121. The summed E-state index contributed by atoms with van der Waals surface area (Å²) in [6.45, 7) is 0.836. The highest BCUT2D eigenvalue weighted by atomic mass is 16.1. The largest absolute Gasteiger partial charge is 0.353 e. The zero-order chi connectivity index (χ0) is 9.68. The van der Waals surface area contributed by atoms with Gasteiger partial charge in [-0.2, -0.15) is 0 Å². The molecule has 0 aliphatic heterocycles. The van der Waals surface area contributed by atoms with Crippen LogP contribution < -0.4 is 5.32 Å². The molecule has 0 heterocycles. The fourth-order valence-corrected chi connectivity index (χ4v) is 1.51. The van der Waals surface area contributed by atoms with Crippen LogP contribution in [0.5, 0.6) is 0 Å². The van der Waals surface area contributed by atoms with E-state index in [-0.39, 0.29) is 5.91 Å². The molecule has 1 saturated carbocycles. The average molecular weight is 183 g/mol. The number of nitrogens with one attached hydrogen (secondary N) is 1. The summed E-state index contributed by atoms with van der Waals surface area (Å²) in [5.74, 6) is 0.189. The normalized spacial score (nSPS) is 18.1. The first-order valence-corrected chi connectivity index (χ1v) is 4.94. The van der Waals surface area contributed by atoms with Crippen LogP contribution in [-0.2, 0) is 4.79 Å². The molecule has 1 atom stereocenters. The summed E-state index contributed by atoms with van der Waals surface area (Å²) < 4.78 is 0. The fourth-order valence-electron chi connectivity index (χ4n) is 1.51. The molecule has 0 aromatic heterocycles. The van der Waals surface area contributed by atoms with Gasteiger partial charge in [0.1, 0.15) is 0 Å². The van der Waals surface area contributed by atoms with Crippen molar-refractivity contribution in [3.8, 4) is 0 Å². The molecule has 3 heteroatoms. The predicted octanol–water partition coefficient (Wildman–Crippen LogP) is 0.811. The Morgan fingerprint density at radius 2 is 2.38 bits per heavy atom. The molecule has 13 heavy (non-hydrogen) atoms. The lowest BCUT2D eigenvalue weighted by atomic mass is 10.2. The van der Waals surface area contributed by atoms with Crippen molar-refractivity contribution in [3.63, 3.8) is 0 Å². The summed E-state index contributed by atoms with van der Waals surface area (Å²) in [5, 5.41) is 3.04. The number of rotatable bonds is 4. The van der Waals surface area contributed by atoms with Crippen molar-refractivity contribution >= 4 is 5.91 Å². The maximum atomic E-state index is 11.4. The molecule has 1 fully saturated rings. The smallest absolute Gasteiger partial charge is 0.221 e. The summed E-state index contributed by atoms with van der Waals surface area (Å²) in [4.78, 5) is 13.4. The number of carbonyl (C=O) groups is 1. The van der Waals surface area contributed by atoms with E-state index in [0.29, 0.717) is 12.5 Å². The van der Waals surface area contributed by atoms with E-state index in [1.54, 1.807) is 0 Å². The van der Waals surface area contributed by atoms with Crippen LogP contribution in [0.1, 0.15) is 25.7 Å². The van der Waals surface area contributed by atoms with Crippen molar-refractivity contribution in [3.05, 3.63) is 6.42 Å². The van der Waals surface area contributed by atoms with E-state index in [0.717, 1.165) is 25.8 Å². The van der Waals surface area contributed by atoms with Crippen molar-refractivity contribution in [2.45, 2.75) is 31.7 Å². The van der Waals surface area contributed by atoms with Crippen molar-refractivity contribution in [2.75, 3.05) is 20.6 Å². The summed E-state index contributed by atoms with van der Waals surface area (Å²) in [6, 6.07) is 0.412. The van der Waals surface area contributed by atoms with Crippen molar-refractivity contribution in [1.82, 2.24) is 10.2 Å². The summed E-state index contributed by atoms with van der Waals surface area (Å²) in [5.41, 5.74) is 0. The van der Waals surface area contributed by atoms with Gasteiger partial charge in [0, 0.05) is 19.0 Å². The molecule has 1 unspecified atom stereocenters. The number of hydrogen-bond donors (Lipinski definition) is 1. The standard InChI is InChI=1S/C10H19N2O/c1-12(2)8-7-10(13)11-9-5-3-4-6-9/h3,9H,4-8H2,1-2H3,(H,11,13). The Kier molecular flexibility index (Phi) is 4.22. The highest BCUT2D eigenvalue weighted by Gasteiger charge is 2.16. The van der Waals surface area contributed by atoms with E-state index in [4.69, 9.17) is 0 Å². The molecule has 75 valence electrons. The lowest BCUT2D eigenvalue weighted by Crippen LogP contribution is -2.34. The Morgan fingerprint density at radius 3 is 2.92 bits per heavy atom. The number of amides is 1. The van der Waals surface area contributed by atoms with Crippen LogP contribution in [-0.4, -0.2) is 37.5 Å². The zero-order valence-electron chi connectivity index (χ0n) is 8.55. The topological polar surface area (TPSA) is 32.3 Å². The second-order valence-electron chi connectivity index (χ2n) is 3.92. The van der Waals surface area contributed by atoms with Crippen molar-refractivity contribution in [1.29, 1.82) is 0 Å². The highest BCUT2D eigenvalue weighted by Crippen LogP contribution is 2.16. The monoisotopic (exact) mass is 183 g/mol. The van der Waals surface area contributed by atoms with Gasteiger partial charge in [0.25, 0.3) is 0 Å². The predicted molar refractivity (Wildman–Crippen MR) is 53.3 cm³/mol. The van der Waals surface area contributed by atoms with Crippen molar-refractivity contribution in [2.24, 2.45) is 0 Å². The van der Waals surface area contributed by atoms with Gasteiger partial charge in [0.2, 0.25) is 5.91 Å². The van der Waals surface area contributed by atoms with Gasteiger partial charge in [0.05, 0.1) is 0 Å². The number of hydrogen-bond acceptors (Lipinski definition) is 2. The Labute approximate surface area is 80.5 Å². The quantitative estimate of drug-likeness (QED) is 0.699. The molecule has 0 aromatic rings. The third kappa shape index (κ3) is 4.27. The molecule has 1 aliphatic carbocycles. The van der Waals surface area contributed by atoms with Crippen LogP contribution in [0, 0.1) is 6.42 Å². The Morgan fingerprint density at radius 1 is 1.62 bits per heavy atom. The van der Waals surface area contributed by atoms with E-state index in [1.165, 1.54) is 0 Å². The molecule has 1 radical (unpaired) electrons. The minimum Gasteiger partial charge on any atom is -0.353 e. The van der Waals surface area contributed by atoms with Gasteiger partial charge in [-0.25, -0.2) is 0 Å². The van der Waals surface area contributed by atoms with Gasteiger partial charge in [-0.05, 0) is 39.8 Å². The van der Waals surface area contributed by atoms with E-state index in [1.807, 2.05) is 19.0 Å². The molecule has 1 aliphatic rings. The van der Waals surface area contributed by atoms with Crippen LogP contribution in [0.25, 0.3) is 0 Å². The first kappa shape index (κ1) is 10.5. The van der Waals surface area contributed by atoms with Gasteiger partial charge in [-0.15, -0.1) is 0 Å². The fraction of sp³-hybridized carbons (Fsp3) is 0.800. The lowest BCUT2D eigenvalue weighted by Gasteiger charge is -2.13. The molecule has 1 amide bonds. The second-order valence-corrected chi connectivity index (χ2v) is 3.92. The van der Waals surface area contributed by atoms with Crippen LogP contribution in [0.2, 0.25) is 0 Å². The third-order valence-electron chi connectivity index (χ3n) is 2.32. The van der Waals surface area contributed by atoms with Gasteiger partial charge in [0.15, 0.2) is 0 Å². The zero-order valence-corrected chi connectivity index (χ0v) is 8.55. The van der Waals surface area contributed by atoms with Gasteiger partial charge in [-0.3, -0.25) is 4.79 Å². The molecule has 0 spiro atoms. The van der Waals surface area contributed by atoms with Crippen LogP contribution in [0.15, 0.2) is 0 Å². The maximum Gasteiger partial charge on any atom is 0.221 e. The summed E-state index contributed by atoms with van der Waals surface area (Å²) >= 11 is 0. The van der Waals surface area contributed by atoms with Crippen LogP contribution >= 0.6 is 0 Å². The molecule has 0 saturated heterocycles. The highest BCUT2D eigenvalue weighted by molar-refractivity contribution is 5.76. The summed E-state index contributed by atoms with van der Waals surface area (Å²) in [7, 11) is 3.97. The maximum absolute atomic E-state index is 11.4. The SMILES string of the molecule is CN(C)CCC(=O)NC1C[CH]CC1. The van der Waals surface area contributed by atoms with Crippen LogP contribution in [0.3, 0.4) is 0 Å². The molecule has 3 nitrogen and oxygen atoms in total. The molecule has 0 bridgehead atoms. The van der Waals surface area contributed by atoms with E-state index in [2.05, 4.69) is 11.7 Å². The second kappa shape index (κ2) is 5.22. The Balaban J connectivity index is 2.09. The van der Waals surface area contributed by atoms with Gasteiger partial charge < -0.3 is 10.2 Å². The van der Waals surface area contributed by atoms with Gasteiger partial charge in [-0.1, -0.05) is 0 Å². The first-order chi connectivity index (χ1) is 6.18. The van der Waals surface area contributed by atoms with Crippen LogP contribution in [0.4, 0.5) is 0 Å². The molecular weight excluding hydrogens is 164 g/mol. The van der Waals surface area contributed by atoms with Gasteiger partial charge >= 0.3 is 0 Å². The van der Waals surface area contributed by atoms with E-state index in [9.17, 15) is 4.79 Å². The van der Waals surface area contributed by atoms with E-state index >= 15 is 0 Å². The van der Waals surface area contributed by atoms with Crippen molar-refractivity contribution < 1.29 is 4.79 Å². The Hall–Kier alpha value is -0.570. The third-order valence-corrected chi connectivity index (χ3v) is 2.32. The molecule has 1 N–H and O–H groups in total. The molecular formula is C10H19N2O. The number of nitrogens with zero attached hydrogens (tertiary/aromatic N) is 1. The number of carbonyl (C=O) groups excluding carboxylic acids is 1. The Bertz CT molecular complexity index is 162.